The third-order valence-electron chi connectivity index (χ3n) is 6.22. The van der Waals surface area contributed by atoms with Crippen LogP contribution in [0.15, 0.2) is 42.7 Å². The van der Waals surface area contributed by atoms with Crippen LogP contribution in [0.2, 0.25) is 0 Å². The third kappa shape index (κ3) is 2.98. The average molecular weight is 375 g/mol. The molecular weight excluding hydrogens is 350 g/mol. The highest BCUT2D eigenvalue weighted by Crippen LogP contribution is 2.25. The van der Waals surface area contributed by atoms with Crippen LogP contribution in [-0.4, -0.2) is 62.3 Å². The van der Waals surface area contributed by atoms with Crippen molar-refractivity contribution in [3.8, 4) is 0 Å². The fourth-order valence-electron chi connectivity index (χ4n) is 4.69. The number of hydrogen-bond acceptors (Lipinski definition) is 4. The van der Waals surface area contributed by atoms with Crippen LogP contribution in [0.3, 0.4) is 0 Å². The molecule has 3 aromatic rings. The number of hydrogen-bond donors (Lipinski definition) is 0. The van der Waals surface area contributed by atoms with E-state index in [0.717, 1.165) is 44.7 Å². The van der Waals surface area contributed by atoms with E-state index in [0.29, 0.717) is 17.5 Å². The quantitative estimate of drug-likeness (QED) is 0.690. The number of benzene rings is 1. The second-order valence-electron chi connectivity index (χ2n) is 7.83. The number of piperazine rings is 1. The van der Waals surface area contributed by atoms with Crippen molar-refractivity contribution in [2.75, 3.05) is 26.2 Å². The lowest BCUT2D eigenvalue weighted by molar-refractivity contribution is 0.0546. The first-order valence-corrected chi connectivity index (χ1v) is 10.1. The predicted octanol–water partition coefficient (Wildman–Crippen LogP) is 2.35. The number of carbonyl (C=O) groups is 1. The number of carbonyl (C=O) groups excluding carboxylic acids is 1. The van der Waals surface area contributed by atoms with Crippen molar-refractivity contribution in [3.05, 3.63) is 65.2 Å². The van der Waals surface area contributed by atoms with Gasteiger partial charge in [-0.25, -0.2) is 9.97 Å². The molecule has 0 saturated carbocycles. The van der Waals surface area contributed by atoms with Gasteiger partial charge in [-0.2, -0.15) is 0 Å². The molecule has 3 heterocycles. The van der Waals surface area contributed by atoms with Gasteiger partial charge >= 0.3 is 0 Å². The van der Waals surface area contributed by atoms with E-state index in [2.05, 4.69) is 39.1 Å². The summed E-state index contributed by atoms with van der Waals surface area (Å²) in [5, 5.41) is 0. The molecule has 0 bridgehead atoms. The highest BCUT2D eigenvalue weighted by atomic mass is 16.2. The third-order valence-corrected chi connectivity index (χ3v) is 6.22. The molecule has 1 amide bonds. The Kier molecular flexibility index (Phi) is 4.36. The minimum atomic E-state index is 0.0617. The van der Waals surface area contributed by atoms with E-state index in [1.165, 1.54) is 17.5 Å². The van der Waals surface area contributed by atoms with Crippen molar-refractivity contribution in [3.63, 3.8) is 0 Å². The Balaban J connectivity index is 1.27. The van der Waals surface area contributed by atoms with Crippen LogP contribution < -0.4 is 0 Å². The summed E-state index contributed by atoms with van der Waals surface area (Å²) in [5.74, 6) is 0.648. The minimum absolute atomic E-state index is 0.0617. The first-order valence-electron chi connectivity index (χ1n) is 10.1. The molecule has 2 aromatic heterocycles. The molecule has 2 aliphatic rings. The number of aryl methyl sites for hydroxylation is 2. The Labute approximate surface area is 164 Å². The highest BCUT2D eigenvalue weighted by molar-refractivity contribution is 5.94. The lowest BCUT2D eigenvalue weighted by Gasteiger charge is -2.41. The largest absolute Gasteiger partial charge is 0.335 e. The second-order valence-corrected chi connectivity index (χ2v) is 7.83. The second kappa shape index (κ2) is 7.02. The van der Waals surface area contributed by atoms with Crippen LogP contribution in [0.5, 0.6) is 0 Å². The van der Waals surface area contributed by atoms with Crippen LogP contribution in [0.1, 0.15) is 33.7 Å². The number of amides is 1. The monoisotopic (exact) mass is 375 g/mol. The molecule has 144 valence electrons. The van der Waals surface area contributed by atoms with Gasteiger partial charge in [-0.15, -0.1) is 0 Å². The molecule has 1 fully saturated rings. The van der Waals surface area contributed by atoms with E-state index in [9.17, 15) is 4.79 Å². The fourth-order valence-corrected chi connectivity index (χ4v) is 4.69. The topological polar surface area (TPSA) is 53.7 Å². The molecule has 5 rings (SSSR count). The molecule has 1 aromatic carbocycles. The van der Waals surface area contributed by atoms with Gasteiger partial charge in [0.15, 0.2) is 0 Å². The molecule has 1 saturated heterocycles. The summed E-state index contributed by atoms with van der Waals surface area (Å²) in [6.07, 6.45) is 7.07. The summed E-state index contributed by atoms with van der Waals surface area (Å²) >= 11 is 0. The van der Waals surface area contributed by atoms with Gasteiger partial charge < -0.3 is 4.90 Å². The van der Waals surface area contributed by atoms with E-state index in [-0.39, 0.29) is 5.91 Å². The maximum absolute atomic E-state index is 13.2. The van der Waals surface area contributed by atoms with Crippen molar-refractivity contribution in [2.24, 2.45) is 0 Å². The summed E-state index contributed by atoms with van der Waals surface area (Å²) in [6.45, 7) is 5.30. The zero-order valence-corrected chi connectivity index (χ0v) is 16.2. The summed E-state index contributed by atoms with van der Waals surface area (Å²) in [4.78, 5) is 26.4. The minimum Gasteiger partial charge on any atom is -0.335 e. The van der Waals surface area contributed by atoms with Gasteiger partial charge in [0.2, 0.25) is 5.78 Å². The molecule has 0 spiro atoms. The van der Waals surface area contributed by atoms with Crippen molar-refractivity contribution < 1.29 is 4.79 Å². The number of fused-ring (bicyclic) bond motifs is 2. The molecule has 6 heteroatoms. The normalized spacial score (nSPS) is 20.3. The fraction of sp³-hybridized carbons (Fsp3) is 0.409. The zero-order chi connectivity index (χ0) is 19.1. The molecule has 6 nitrogen and oxygen atoms in total. The molecule has 1 aliphatic carbocycles. The Morgan fingerprint density at radius 1 is 1.07 bits per heavy atom. The lowest BCUT2D eigenvalue weighted by Crippen LogP contribution is -2.53. The van der Waals surface area contributed by atoms with Gasteiger partial charge in [-0.3, -0.25) is 14.1 Å². The summed E-state index contributed by atoms with van der Waals surface area (Å²) in [7, 11) is 0. The number of aromatic nitrogens is 3. The Bertz CT molecular complexity index is 1020. The van der Waals surface area contributed by atoms with Crippen molar-refractivity contribution in [2.45, 2.75) is 32.2 Å². The molecule has 1 atom stereocenters. The number of rotatable bonds is 2. The summed E-state index contributed by atoms with van der Waals surface area (Å²) in [5.41, 5.74) is 4.38. The van der Waals surface area contributed by atoms with Gasteiger partial charge in [0.1, 0.15) is 5.69 Å². The van der Waals surface area contributed by atoms with E-state index in [1.807, 2.05) is 28.5 Å². The number of imidazole rings is 1. The van der Waals surface area contributed by atoms with Gasteiger partial charge in [0.05, 0.1) is 5.69 Å². The van der Waals surface area contributed by atoms with Crippen molar-refractivity contribution in [1.82, 2.24) is 24.2 Å². The van der Waals surface area contributed by atoms with Crippen LogP contribution in [0.4, 0.5) is 0 Å². The summed E-state index contributed by atoms with van der Waals surface area (Å²) in [6, 6.07) is 11.2. The lowest BCUT2D eigenvalue weighted by atomic mass is 9.87. The molecule has 0 N–H and O–H groups in total. The smallest absolute Gasteiger partial charge is 0.272 e. The van der Waals surface area contributed by atoms with Crippen LogP contribution in [-0.2, 0) is 12.8 Å². The summed E-state index contributed by atoms with van der Waals surface area (Å²) < 4.78 is 1.81. The van der Waals surface area contributed by atoms with E-state index in [1.54, 1.807) is 6.20 Å². The SMILES string of the molecule is Cc1nc2ncccn2c1C(=O)N1CCN(C2CCc3ccccc3C2)CC1. The number of nitrogens with zero attached hydrogens (tertiary/aromatic N) is 5. The van der Waals surface area contributed by atoms with Gasteiger partial charge in [0.25, 0.3) is 5.91 Å². The van der Waals surface area contributed by atoms with Crippen LogP contribution in [0.25, 0.3) is 5.78 Å². The first kappa shape index (κ1) is 17.4. The van der Waals surface area contributed by atoms with Gasteiger partial charge in [-0.1, -0.05) is 24.3 Å². The van der Waals surface area contributed by atoms with Crippen molar-refractivity contribution in [1.29, 1.82) is 0 Å². The Hall–Kier alpha value is -2.73. The van der Waals surface area contributed by atoms with E-state index in [4.69, 9.17) is 0 Å². The standard InChI is InChI=1S/C22H25N5O/c1-16-20(27-10-4-9-23-22(27)24-16)21(28)26-13-11-25(12-14-26)19-8-7-17-5-2-3-6-18(17)15-19/h2-6,9-10,19H,7-8,11-15H2,1H3. The zero-order valence-electron chi connectivity index (χ0n) is 16.2. The Morgan fingerprint density at radius 3 is 2.68 bits per heavy atom. The van der Waals surface area contributed by atoms with Gasteiger partial charge in [0, 0.05) is 44.6 Å². The maximum atomic E-state index is 13.2. The predicted molar refractivity (Wildman–Crippen MR) is 107 cm³/mol. The Morgan fingerprint density at radius 2 is 1.86 bits per heavy atom. The molecular formula is C22H25N5O. The highest BCUT2D eigenvalue weighted by Gasteiger charge is 2.30. The maximum Gasteiger partial charge on any atom is 0.272 e. The van der Waals surface area contributed by atoms with Crippen LogP contribution >= 0.6 is 0 Å². The van der Waals surface area contributed by atoms with E-state index < -0.39 is 0 Å². The van der Waals surface area contributed by atoms with Crippen LogP contribution in [0, 0.1) is 6.92 Å². The first-order chi connectivity index (χ1) is 13.7. The van der Waals surface area contributed by atoms with Gasteiger partial charge in [-0.05, 0) is 43.4 Å². The molecule has 1 unspecified atom stereocenters. The van der Waals surface area contributed by atoms with Crippen molar-refractivity contribution >= 4 is 11.7 Å². The van der Waals surface area contributed by atoms with E-state index >= 15 is 0 Å². The molecule has 28 heavy (non-hydrogen) atoms. The molecule has 0 radical (unpaired) electrons. The molecule has 1 aliphatic heterocycles. The average Bonchev–Trinajstić information content (AvgIpc) is 3.08.